The minimum absolute atomic E-state index is 0.130. The third kappa shape index (κ3) is 4.06. The van der Waals surface area contributed by atoms with Crippen LogP contribution in [-0.2, 0) is 12.7 Å². The number of rotatable bonds is 5. The average molecular weight is 385 g/mol. The Bertz CT molecular complexity index is 1090. The molecule has 0 atom stereocenters. The van der Waals surface area contributed by atoms with Crippen molar-refractivity contribution in [3.63, 3.8) is 0 Å². The first-order valence-electron chi connectivity index (χ1n) is 8.37. The molecule has 0 aliphatic rings. The van der Waals surface area contributed by atoms with Gasteiger partial charge in [-0.2, -0.15) is 13.2 Å². The Hall–Kier alpha value is -3.55. The molecule has 4 aromatic rings. The van der Waals surface area contributed by atoms with E-state index in [9.17, 15) is 13.2 Å². The Morgan fingerprint density at radius 2 is 1.79 bits per heavy atom. The van der Waals surface area contributed by atoms with E-state index in [-0.39, 0.29) is 12.2 Å². The van der Waals surface area contributed by atoms with E-state index < -0.39 is 11.9 Å². The first-order valence-corrected chi connectivity index (χ1v) is 8.37. The van der Waals surface area contributed by atoms with Gasteiger partial charge in [0.05, 0.1) is 6.54 Å². The predicted molar refractivity (Wildman–Crippen MR) is 97.1 cm³/mol. The standard InChI is InChI=1S/C20H14F3N3O2/c21-20(22,23)18-10-13(8-9-24-18)25-12-19-26-16-7-6-15(11-17(16)28-19)27-14-4-2-1-3-5-14/h1-11H,12H2,(H,24,25). The number of nitrogens with zero attached hydrogens (tertiary/aromatic N) is 2. The lowest BCUT2D eigenvalue weighted by Gasteiger charge is -2.08. The van der Waals surface area contributed by atoms with Crippen molar-refractivity contribution in [2.45, 2.75) is 12.7 Å². The highest BCUT2D eigenvalue weighted by atomic mass is 19.4. The molecule has 0 saturated heterocycles. The van der Waals surface area contributed by atoms with Crippen molar-refractivity contribution in [3.8, 4) is 11.5 Å². The van der Waals surface area contributed by atoms with Gasteiger partial charge in [0, 0.05) is 18.0 Å². The van der Waals surface area contributed by atoms with Crippen LogP contribution in [0.15, 0.2) is 71.3 Å². The second kappa shape index (κ2) is 7.22. The first kappa shape index (κ1) is 17.8. The van der Waals surface area contributed by atoms with Gasteiger partial charge >= 0.3 is 6.18 Å². The monoisotopic (exact) mass is 385 g/mol. The Morgan fingerprint density at radius 3 is 2.57 bits per heavy atom. The summed E-state index contributed by atoms with van der Waals surface area (Å²) in [5.41, 5.74) is 0.467. The van der Waals surface area contributed by atoms with Crippen LogP contribution >= 0.6 is 0 Å². The van der Waals surface area contributed by atoms with Gasteiger partial charge in [-0.05, 0) is 36.4 Å². The third-order valence-corrected chi connectivity index (χ3v) is 3.88. The lowest BCUT2D eigenvalue weighted by molar-refractivity contribution is -0.141. The van der Waals surface area contributed by atoms with Crippen LogP contribution in [0.2, 0.25) is 0 Å². The highest BCUT2D eigenvalue weighted by Gasteiger charge is 2.32. The molecule has 142 valence electrons. The van der Waals surface area contributed by atoms with Gasteiger partial charge in [0.1, 0.15) is 22.7 Å². The molecule has 0 unspecified atom stereocenters. The van der Waals surface area contributed by atoms with Gasteiger partial charge in [-0.1, -0.05) is 18.2 Å². The predicted octanol–water partition coefficient (Wildman–Crippen LogP) is 5.65. The third-order valence-electron chi connectivity index (χ3n) is 3.88. The van der Waals surface area contributed by atoms with Gasteiger partial charge in [0.15, 0.2) is 5.58 Å². The number of oxazole rings is 1. The molecule has 4 rings (SSSR count). The molecule has 1 N–H and O–H groups in total. The summed E-state index contributed by atoms with van der Waals surface area (Å²) >= 11 is 0. The van der Waals surface area contributed by atoms with Crippen LogP contribution in [0.25, 0.3) is 11.1 Å². The summed E-state index contributed by atoms with van der Waals surface area (Å²) < 4.78 is 49.6. The zero-order valence-corrected chi connectivity index (χ0v) is 14.4. The van der Waals surface area contributed by atoms with Gasteiger partial charge in [0.25, 0.3) is 0 Å². The number of anilines is 1. The second-order valence-corrected chi connectivity index (χ2v) is 5.93. The molecule has 0 aliphatic heterocycles. The van der Waals surface area contributed by atoms with Crippen molar-refractivity contribution in [1.82, 2.24) is 9.97 Å². The number of hydrogen-bond acceptors (Lipinski definition) is 5. The fourth-order valence-corrected chi connectivity index (χ4v) is 2.59. The van der Waals surface area contributed by atoms with Gasteiger partial charge in [0.2, 0.25) is 5.89 Å². The van der Waals surface area contributed by atoms with Crippen LogP contribution in [0.1, 0.15) is 11.6 Å². The molecule has 8 heteroatoms. The average Bonchev–Trinajstić information content (AvgIpc) is 3.09. The number of fused-ring (bicyclic) bond motifs is 1. The number of alkyl halides is 3. The van der Waals surface area contributed by atoms with Crippen molar-refractivity contribution in [2.75, 3.05) is 5.32 Å². The zero-order valence-electron chi connectivity index (χ0n) is 14.4. The van der Waals surface area contributed by atoms with E-state index in [2.05, 4.69) is 15.3 Å². The summed E-state index contributed by atoms with van der Waals surface area (Å²) in [6, 6.07) is 16.9. The minimum Gasteiger partial charge on any atom is -0.457 e. The largest absolute Gasteiger partial charge is 0.457 e. The number of nitrogens with one attached hydrogen (secondary N) is 1. The van der Waals surface area contributed by atoms with E-state index >= 15 is 0 Å². The molecular formula is C20H14F3N3O2. The second-order valence-electron chi connectivity index (χ2n) is 5.93. The number of para-hydroxylation sites is 1. The number of halogens is 3. The van der Waals surface area contributed by atoms with Crippen molar-refractivity contribution in [1.29, 1.82) is 0 Å². The van der Waals surface area contributed by atoms with Crippen LogP contribution in [0.3, 0.4) is 0 Å². The zero-order chi connectivity index (χ0) is 19.6. The molecule has 2 aromatic heterocycles. The minimum atomic E-state index is -4.50. The number of pyridine rings is 1. The maximum Gasteiger partial charge on any atom is 0.433 e. The van der Waals surface area contributed by atoms with Crippen molar-refractivity contribution in [3.05, 3.63) is 78.4 Å². The Balaban J connectivity index is 1.48. The molecule has 0 radical (unpaired) electrons. The van der Waals surface area contributed by atoms with E-state index in [4.69, 9.17) is 9.15 Å². The molecule has 0 spiro atoms. The summed E-state index contributed by atoms with van der Waals surface area (Å²) in [7, 11) is 0. The van der Waals surface area contributed by atoms with Crippen LogP contribution in [0.5, 0.6) is 11.5 Å². The van der Waals surface area contributed by atoms with Gasteiger partial charge < -0.3 is 14.5 Å². The Kier molecular flexibility index (Phi) is 4.60. The summed E-state index contributed by atoms with van der Waals surface area (Å²) in [6.07, 6.45) is -3.39. The van der Waals surface area contributed by atoms with E-state index in [1.54, 1.807) is 18.2 Å². The molecule has 2 aromatic carbocycles. The Morgan fingerprint density at radius 1 is 0.964 bits per heavy atom. The van der Waals surface area contributed by atoms with E-state index in [0.717, 1.165) is 12.3 Å². The van der Waals surface area contributed by atoms with E-state index in [1.165, 1.54) is 6.07 Å². The summed E-state index contributed by atoms with van der Waals surface area (Å²) in [4.78, 5) is 7.65. The topological polar surface area (TPSA) is 60.2 Å². The van der Waals surface area contributed by atoms with Crippen LogP contribution < -0.4 is 10.1 Å². The van der Waals surface area contributed by atoms with Crippen molar-refractivity contribution in [2.24, 2.45) is 0 Å². The maximum absolute atomic E-state index is 12.7. The van der Waals surface area contributed by atoms with Gasteiger partial charge in [-0.3, -0.25) is 4.98 Å². The highest BCUT2D eigenvalue weighted by Crippen LogP contribution is 2.29. The molecule has 0 saturated carbocycles. The molecule has 2 heterocycles. The molecule has 0 fully saturated rings. The molecule has 0 amide bonds. The van der Waals surface area contributed by atoms with Gasteiger partial charge in [-0.15, -0.1) is 0 Å². The number of hydrogen-bond donors (Lipinski definition) is 1. The van der Waals surface area contributed by atoms with Crippen molar-refractivity contribution < 1.29 is 22.3 Å². The quantitative estimate of drug-likeness (QED) is 0.481. The molecular weight excluding hydrogens is 371 g/mol. The highest BCUT2D eigenvalue weighted by molar-refractivity contribution is 5.74. The first-order chi connectivity index (χ1) is 13.5. The summed E-state index contributed by atoms with van der Waals surface area (Å²) in [5, 5.41) is 2.86. The van der Waals surface area contributed by atoms with Gasteiger partial charge in [-0.25, -0.2) is 4.98 Å². The number of benzene rings is 2. The van der Waals surface area contributed by atoms with Crippen LogP contribution in [-0.4, -0.2) is 9.97 Å². The molecule has 5 nitrogen and oxygen atoms in total. The smallest absolute Gasteiger partial charge is 0.433 e. The van der Waals surface area contributed by atoms with Crippen LogP contribution in [0.4, 0.5) is 18.9 Å². The fraction of sp³-hybridized carbons (Fsp3) is 0.100. The summed E-state index contributed by atoms with van der Waals surface area (Å²) in [5.74, 6) is 1.64. The lowest BCUT2D eigenvalue weighted by Crippen LogP contribution is -2.09. The molecule has 28 heavy (non-hydrogen) atoms. The molecule has 0 bridgehead atoms. The Labute approximate surface area is 157 Å². The number of aromatic nitrogens is 2. The van der Waals surface area contributed by atoms with E-state index in [1.807, 2.05) is 30.3 Å². The van der Waals surface area contributed by atoms with Crippen molar-refractivity contribution >= 4 is 16.8 Å². The maximum atomic E-state index is 12.7. The summed E-state index contributed by atoms with van der Waals surface area (Å²) in [6.45, 7) is 0.130. The lowest BCUT2D eigenvalue weighted by atomic mass is 10.3. The number of ether oxygens (including phenoxy) is 1. The van der Waals surface area contributed by atoms with E-state index in [0.29, 0.717) is 28.5 Å². The normalized spacial score (nSPS) is 11.5. The SMILES string of the molecule is FC(F)(F)c1cc(NCc2nc3ccc(Oc4ccccc4)cc3o2)ccn1. The molecule has 0 aliphatic carbocycles. The van der Waals surface area contributed by atoms with Crippen LogP contribution in [0, 0.1) is 0 Å². The fourth-order valence-electron chi connectivity index (χ4n) is 2.59.